The van der Waals surface area contributed by atoms with Crippen LogP contribution in [0.15, 0.2) is 59.2 Å². The SMILES string of the molecule is CCOc1ccc2ccccc2c1CNCc1ccco1.[Cl-]. The zero-order chi connectivity index (χ0) is 14.5. The van der Waals surface area contributed by atoms with Gasteiger partial charge in [-0.3, -0.25) is 0 Å². The normalized spacial score (nSPS) is 10.4. The maximum absolute atomic E-state index is 5.77. The summed E-state index contributed by atoms with van der Waals surface area (Å²) in [5.41, 5.74) is 1.20. The average Bonchev–Trinajstić information content (AvgIpc) is 3.02. The predicted molar refractivity (Wildman–Crippen MR) is 84.4 cm³/mol. The second kappa shape index (κ2) is 7.87. The zero-order valence-corrected chi connectivity index (χ0v) is 13.3. The Morgan fingerprint density at radius 2 is 1.86 bits per heavy atom. The Balaban J connectivity index is 0.00000176. The molecule has 1 N–H and O–H groups in total. The van der Waals surface area contributed by atoms with E-state index in [1.165, 1.54) is 16.3 Å². The van der Waals surface area contributed by atoms with E-state index >= 15 is 0 Å². The van der Waals surface area contributed by atoms with Crippen molar-refractivity contribution in [1.29, 1.82) is 0 Å². The van der Waals surface area contributed by atoms with Gasteiger partial charge in [-0.15, -0.1) is 0 Å². The maximum atomic E-state index is 5.77. The van der Waals surface area contributed by atoms with Gasteiger partial charge in [0.25, 0.3) is 0 Å². The minimum absolute atomic E-state index is 0. The van der Waals surface area contributed by atoms with Crippen LogP contribution in [0.1, 0.15) is 18.2 Å². The Bertz CT molecular complexity index is 710. The molecule has 0 fully saturated rings. The van der Waals surface area contributed by atoms with E-state index in [0.29, 0.717) is 13.2 Å². The standard InChI is InChI=1S/C18H19NO2.ClH/c1-2-20-18-10-9-14-6-3-4-8-16(14)17(18)13-19-12-15-7-5-11-21-15;/h3-11,19H,2,12-13H2,1H3;1H/p-1. The fourth-order valence-corrected chi connectivity index (χ4v) is 2.51. The molecular formula is C18H19ClNO2-. The summed E-state index contributed by atoms with van der Waals surface area (Å²) in [5.74, 6) is 1.89. The van der Waals surface area contributed by atoms with Crippen molar-refractivity contribution in [1.82, 2.24) is 5.32 Å². The number of nitrogens with one attached hydrogen (secondary N) is 1. The van der Waals surface area contributed by atoms with Crippen LogP contribution < -0.4 is 22.5 Å². The summed E-state index contributed by atoms with van der Waals surface area (Å²) in [6, 6.07) is 16.4. The highest BCUT2D eigenvalue weighted by molar-refractivity contribution is 5.87. The Labute approximate surface area is 136 Å². The van der Waals surface area contributed by atoms with Crippen molar-refractivity contribution >= 4 is 10.8 Å². The zero-order valence-electron chi connectivity index (χ0n) is 12.5. The summed E-state index contributed by atoms with van der Waals surface area (Å²) >= 11 is 0. The van der Waals surface area contributed by atoms with Gasteiger partial charge in [0.2, 0.25) is 0 Å². The Morgan fingerprint density at radius 1 is 1.00 bits per heavy atom. The van der Waals surface area contributed by atoms with Gasteiger partial charge in [-0.1, -0.05) is 30.3 Å². The maximum Gasteiger partial charge on any atom is 0.124 e. The topological polar surface area (TPSA) is 34.4 Å². The van der Waals surface area contributed by atoms with E-state index in [1.807, 2.05) is 19.1 Å². The molecule has 0 unspecified atom stereocenters. The molecule has 1 aromatic heterocycles. The highest BCUT2D eigenvalue weighted by Crippen LogP contribution is 2.28. The van der Waals surface area contributed by atoms with Crippen molar-refractivity contribution in [2.24, 2.45) is 0 Å². The first-order valence-electron chi connectivity index (χ1n) is 7.25. The fourth-order valence-electron chi connectivity index (χ4n) is 2.51. The van der Waals surface area contributed by atoms with Crippen LogP contribution in [0.25, 0.3) is 10.8 Å². The minimum atomic E-state index is 0. The third-order valence-electron chi connectivity index (χ3n) is 3.48. The molecule has 0 spiro atoms. The van der Waals surface area contributed by atoms with E-state index in [4.69, 9.17) is 9.15 Å². The first-order chi connectivity index (χ1) is 10.4. The molecule has 3 aromatic rings. The van der Waals surface area contributed by atoms with Gasteiger partial charge in [0, 0.05) is 12.1 Å². The number of furan rings is 1. The molecule has 0 atom stereocenters. The molecule has 0 saturated heterocycles. The van der Waals surface area contributed by atoms with Crippen molar-refractivity contribution in [3.8, 4) is 5.75 Å². The Kier molecular flexibility index (Phi) is 5.87. The molecule has 3 nitrogen and oxygen atoms in total. The van der Waals surface area contributed by atoms with Crippen molar-refractivity contribution in [3.63, 3.8) is 0 Å². The van der Waals surface area contributed by atoms with E-state index in [0.717, 1.165) is 18.1 Å². The third kappa shape index (κ3) is 3.62. The lowest BCUT2D eigenvalue weighted by atomic mass is 10.0. The highest BCUT2D eigenvalue weighted by atomic mass is 35.5. The lowest BCUT2D eigenvalue weighted by Gasteiger charge is -2.14. The van der Waals surface area contributed by atoms with Crippen LogP contribution in [0.5, 0.6) is 5.75 Å². The summed E-state index contributed by atoms with van der Waals surface area (Å²) in [5, 5.41) is 5.89. The van der Waals surface area contributed by atoms with Gasteiger partial charge in [-0.25, -0.2) is 0 Å². The van der Waals surface area contributed by atoms with E-state index < -0.39 is 0 Å². The molecule has 2 aromatic carbocycles. The van der Waals surface area contributed by atoms with Crippen LogP contribution in [0.3, 0.4) is 0 Å². The number of hydrogen-bond acceptors (Lipinski definition) is 3. The monoisotopic (exact) mass is 316 g/mol. The van der Waals surface area contributed by atoms with E-state index in [1.54, 1.807) is 6.26 Å². The number of benzene rings is 2. The van der Waals surface area contributed by atoms with Gasteiger partial charge in [-0.2, -0.15) is 0 Å². The third-order valence-corrected chi connectivity index (χ3v) is 3.48. The van der Waals surface area contributed by atoms with Crippen LogP contribution >= 0.6 is 0 Å². The molecule has 0 aliphatic heterocycles. The van der Waals surface area contributed by atoms with Gasteiger partial charge in [0.1, 0.15) is 11.5 Å². The molecule has 4 heteroatoms. The molecular weight excluding hydrogens is 298 g/mol. The number of fused-ring (bicyclic) bond motifs is 1. The second-order valence-electron chi connectivity index (χ2n) is 4.88. The van der Waals surface area contributed by atoms with E-state index in [9.17, 15) is 0 Å². The van der Waals surface area contributed by atoms with Crippen LogP contribution in [-0.4, -0.2) is 6.61 Å². The lowest BCUT2D eigenvalue weighted by Crippen LogP contribution is -3.00. The Morgan fingerprint density at radius 3 is 2.64 bits per heavy atom. The largest absolute Gasteiger partial charge is 1.00 e. The smallest absolute Gasteiger partial charge is 0.124 e. The number of hydrogen-bond donors (Lipinski definition) is 1. The van der Waals surface area contributed by atoms with Crippen LogP contribution in [-0.2, 0) is 13.1 Å². The summed E-state index contributed by atoms with van der Waals surface area (Å²) in [7, 11) is 0. The molecule has 0 radical (unpaired) electrons. The summed E-state index contributed by atoms with van der Waals surface area (Å²) in [4.78, 5) is 0. The van der Waals surface area contributed by atoms with E-state index in [-0.39, 0.29) is 12.4 Å². The number of rotatable bonds is 6. The predicted octanol–water partition coefficient (Wildman–Crippen LogP) is 1.13. The van der Waals surface area contributed by atoms with Crippen molar-refractivity contribution in [2.75, 3.05) is 6.61 Å². The molecule has 1 heterocycles. The van der Waals surface area contributed by atoms with Crippen molar-refractivity contribution in [3.05, 3.63) is 66.1 Å². The van der Waals surface area contributed by atoms with Gasteiger partial charge >= 0.3 is 0 Å². The highest BCUT2D eigenvalue weighted by Gasteiger charge is 2.08. The molecule has 0 saturated carbocycles. The Hall–Kier alpha value is -1.97. The van der Waals surface area contributed by atoms with Crippen LogP contribution in [0.2, 0.25) is 0 Å². The number of ether oxygens (including phenoxy) is 1. The molecule has 0 bridgehead atoms. The van der Waals surface area contributed by atoms with Gasteiger partial charge in [-0.05, 0) is 35.9 Å². The quantitative estimate of drug-likeness (QED) is 0.740. The first-order valence-corrected chi connectivity index (χ1v) is 7.25. The summed E-state index contributed by atoms with van der Waals surface area (Å²) in [6.45, 7) is 4.14. The molecule has 0 amide bonds. The molecule has 0 aliphatic rings. The van der Waals surface area contributed by atoms with Gasteiger partial charge < -0.3 is 26.9 Å². The molecule has 22 heavy (non-hydrogen) atoms. The molecule has 116 valence electrons. The summed E-state index contributed by atoms with van der Waals surface area (Å²) in [6.07, 6.45) is 1.69. The minimum Gasteiger partial charge on any atom is -1.00 e. The van der Waals surface area contributed by atoms with E-state index in [2.05, 4.69) is 41.7 Å². The lowest BCUT2D eigenvalue weighted by molar-refractivity contribution is -0.00000525. The van der Waals surface area contributed by atoms with Gasteiger partial charge in [0.15, 0.2) is 0 Å². The first kappa shape index (κ1) is 16.4. The molecule has 0 aliphatic carbocycles. The molecule has 3 rings (SSSR count). The average molecular weight is 317 g/mol. The van der Waals surface area contributed by atoms with Gasteiger partial charge in [0.05, 0.1) is 19.4 Å². The fraction of sp³-hybridized carbons (Fsp3) is 0.222. The van der Waals surface area contributed by atoms with Crippen molar-refractivity contribution < 1.29 is 21.6 Å². The summed E-state index contributed by atoms with van der Waals surface area (Å²) < 4.78 is 11.1. The number of halogens is 1. The van der Waals surface area contributed by atoms with Crippen LogP contribution in [0, 0.1) is 0 Å². The second-order valence-corrected chi connectivity index (χ2v) is 4.88. The van der Waals surface area contributed by atoms with Crippen LogP contribution in [0.4, 0.5) is 0 Å². The van der Waals surface area contributed by atoms with Crippen molar-refractivity contribution in [2.45, 2.75) is 20.0 Å².